The molecule has 1 aliphatic carbocycles. The Balaban J connectivity index is 2.14. The third kappa shape index (κ3) is 3.52. The summed E-state index contributed by atoms with van der Waals surface area (Å²) in [7, 11) is 0. The first-order valence-corrected chi connectivity index (χ1v) is 4.85. The molecule has 1 aliphatic rings. The first-order valence-electron chi connectivity index (χ1n) is 4.85. The maximum absolute atomic E-state index is 9.06. The molecule has 3 atom stereocenters. The Morgan fingerprint density at radius 2 is 2.33 bits per heavy atom. The minimum Gasteiger partial charge on any atom is -0.392 e. The van der Waals surface area contributed by atoms with E-state index in [9.17, 15) is 0 Å². The topological polar surface area (TPSA) is 58.3 Å². The molecular formula is C9H20N2O. The Labute approximate surface area is 74.3 Å². The zero-order valence-corrected chi connectivity index (χ0v) is 7.79. The summed E-state index contributed by atoms with van der Waals surface area (Å²) in [6.45, 7) is 2.49. The van der Waals surface area contributed by atoms with Gasteiger partial charge in [-0.3, -0.25) is 0 Å². The molecule has 3 heteroatoms. The highest BCUT2D eigenvalue weighted by Crippen LogP contribution is 2.16. The second kappa shape index (κ2) is 4.80. The van der Waals surface area contributed by atoms with Gasteiger partial charge in [-0.25, -0.2) is 0 Å². The average Bonchev–Trinajstić information content (AvgIpc) is 2.01. The first-order chi connectivity index (χ1) is 5.68. The summed E-state index contributed by atoms with van der Waals surface area (Å²) in [5, 5.41) is 12.4. The molecule has 0 bridgehead atoms. The summed E-state index contributed by atoms with van der Waals surface area (Å²) in [6.07, 6.45) is 4.40. The van der Waals surface area contributed by atoms with Crippen LogP contribution in [0.1, 0.15) is 32.6 Å². The second-order valence-corrected chi connectivity index (χ2v) is 3.88. The van der Waals surface area contributed by atoms with Gasteiger partial charge in [-0.2, -0.15) is 0 Å². The van der Waals surface area contributed by atoms with Crippen LogP contribution >= 0.6 is 0 Å². The Hall–Kier alpha value is -0.120. The first kappa shape index (κ1) is 9.96. The molecule has 12 heavy (non-hydrogen) atoms. The molecule has 1 fully saturated rings. The monoisotopic (exact) mass is 172 g/mol. The lowest BCUT2D eigenvalue weighted by Crippen LogP contribution is -2.41. The van der Waals surface area contributed by atoms with Gasteiger partial charge >= 0.3 is 0 Å². The number of rotatable bonds is 3. The van der Waals surface area contributed by atoms with Crippen molar-refractivity contribution in [2.75, 3.05) is 6.54 Å². The van der Waals surface area contributed by atoms with Crippen molar-refractivity contribution in [2.24, 2.45) is 5.73 Å². The van der Waals surface area contributed by atoms with Gasteiger partial charge in [0.25, 0.3) is 0 Å². The highest BCUT2D eigenvalue weighted by atomic mass is 16.3. The van der Waals surface area contributed by atoms with E-state index < -0.39 is 0 Å². The summed E-state index contributed by atoms with van der Waals surface area (Å²) in [5.74, 6) is 0. The molecule has 0 aliphatic heterocycles. The molecule has 2 unspecified atom stereocenters. The molecule has 0 aromatic carbocycles. The third-order valence-electron chi connectivity index (χ3n) is 2.42. The van der Waals surface area contributed by atoms with Gasteiger partial charge in [0.2, 0.25) is 0 Å². The zero-order valence-electron chi connectivity index (χ0n) is 7.79. The number of nitrogens with one attached hydrogen (secondary N) is 1. The molecule has 0 radical (unpaired) electrons. The van der Waals surface area contributed by atoms with Crippen LogP contribution in [0.3, 0.4) is 0 Å². The standard InChI is InChI=1S/C9H20N2O/c1-7(12)6-11-9-4-2-3-8(10)5-9/h7-9,11-12H,2-6,10H2,1H3/t7-,8?,9?/m1/s1. The predicted molar refractivity (Wildman–Crippen MR) is 49.9 cm³/mol. The molecule has 72 valence electrons. The van der Waals surface area contributed by atoms with Gasteiger partial charge in [-0.05, 0) is 26.2 Å². The van der Waals surface area contributed by atoms with Crippen LogP contribution in [-0.2, 0) is 0 Å². The molecular weight excluding hydrogens is 152 g/mol. The highest BCUT2D eigenvalue weighted by molar-refractivity contribution is 4.79. The van der Waals surface area contributed by atoms with E-state index in [1.165, 1.54) is 12.8 Å². The van der Waals surface area contributed by atoms with E-state index in [1.807, 2.05) is 0 Å². The summed E-state index contributed by atoms with van der Waals surface area (Å²) in [6, 6.07) is 0.897. The fourth-order valence-corrected chi connectivity index (χ4v) is 1.75. The molecule has 0 saturated heterocycles. The normalized spacial score (nSPS) is 33.2. The van der Waals surface area contributed by atoms with Crippen molar-refractivity contribution in [1.29, 1.82) is 0 Å². The van der Waals surface area contributed by atoms with Crippen LogP contribution in [-0.4, -0.2) is 29.8 Å². The largest absolute Gasteiger partial charge is 0.392 e. The van der Waals surface area contributed by atoms with E-state index in [2.05, 4.69) is 5.32 Å². The van der Waals surface area contributed by atoms with Crippen LogP contribution in [0.25, 0.3) is 0 Å². The van der Waals surface area contributed by atoms with Crippen molar-refractivity contribution in [1.82, 2.24) is 5.32 Å². The molecule has 3 nitrogen and oxygen atoms in total. The van der Waals surface area contributed by atoms with Gasteiger partial charge < -0.3 is 16.2 Å². The molecule has 0 aromatic rings. The lowest BCUT2D eigenvalue weighted by atomic mass is 9.91. The Kier molecular flexibility index (Phi) is 3.98. The number of nitrogens with two attached hydrogens (primary N) is 1. The Morgan fingerprint density at radius 1 is 1.58 bits per heavy atom. The molecule has 0 amide bonds. The molecule has 0 aromatic heterocycles. The van der Waals surface area contributed by atoms with E-state index in [0.29, 0.717) is 18.6 Å². The fourth-order valence-electron chi connectivity index (χ4n) is 1.75. The van der Waals surface area contributed by atoms with Gasteiger partial charge in [0.1, 0.15) is 0 Å². The summed E-state index contributed by atoms with van der Waals surface area (Å²) >= 11 is 0. The van der Waals surface area contributed by atoms with E-state index in [4.69, 9.17) is 10.8 Å². The van der Waals surface area contributed by atoms with Gasteiger partial charge in [-0.15, -0.1) is 0 Å². The Bertz CT molecular complexity index is 128. The molecule has 4 N–H and O–H groups in total. The van der Waals surface area contributed by atoms with Crippen LogP contribution in [0.4, 0.5) is 0 Å². The minimum atomic E-state index is -0.247. The van der Waals surface area contributed by atoms with Crippen LogP contribution in [0.2, 0.25) is 0 Å². The SMILES string of the molecule is C[C@@H](O)CNC1CCCC(N)C1. The summed E-state index contributed by atoms with van der Waals surface area (Å²) < 4.78 is 0. The number of hydrogen-bond acceptors (Lipinski definition) is 3. The lowest BCUT2D eigenvalue weighted by molar-refractivity contribution is 0.180. The number of aliphatic hydroxyl groups is 1. The zero-order chi connectivity index (χ0) is 8.97. The van der Waals surface area contributed by atoms with Crippen molar-refractivity contribution in [3.05, 3.63) is 0 Å². The van der Waals surface area contributed by atoms with E-state index in [-0.39, 0.29) is 6.10 Å². The van der Waals surface area contributed by atoms with E-state index in [0.717, 1.165) is 12.8 Å². The number of aliphatic hydroxyl groups excluding tert-OH is 1. The maximum atomic E-state index is 9.06. The molecule has 0 heterocycles. The second-order valence-electron chi connectivity index (χ2n) is 3.88. The van der Waals surface area contributed by atoms with Crippen LogP contribution in [0, 0.1) is 0 Å². The van der Waals surface area contributed by atoms with Crippen LogP contribution < -0.4 is 11.1 Å². The van der Waals surface area contributed by atoms with Crippen molar-refractivity contribution in [3.63, 3.8) is 0 Å². The molecule has 0 spiro atoms. The van der Waals surface area contributed by atoms with E-state index >= 15 is 0 Å². The van der Waals surface area contributed by atoms with Crippen molar-refractivity contribution < 1.29 is 5.11 Å². The van der Waals surface area contributed by atoms with Crippen molar-refractivity contribution >= 4 is 0 Å². The van der Waals surface area contributed by atoms with Crippen LogP contribution in [0.15, 0.2) is 0 Å². The van der Waals surface area contributed by atoms with Gasteiger partial charge in [-0.1, -0.05) is 6.42 Å². The lowest BCUT2D eigenvalue weighted by Gasteiger charge is -2.27. The Morgan fingerprint density at radius 3 is 2.92 bits per heavy atom. The molecule has 1 rings (SSSR count). The minimum absolute atomic E-state index is 0.247. The quantitative estimate of drug-likeness (QED) is 0.571. The fraction of sp³-hybridized carbons (Fsp3) is 1.00. The van der Waals surface area contributed by atoms with Gasteiger partial charge in [0.05, 0.1) is 6.10 Å². The summed E-state index contributed by atoms with van der Waals surface area (Å²) in [4.78, 5) is 0. The van der Waals surface area contributed by atoms with E-state index in [1.54, 1.807) is 6.92 Å². The van der Waals surface area contributed by atoms with Gasteiger partial charge in [0, 0.05) is 18.6 Å². The van der Waals surface area contributed by atoms with Crippen LogP contribution in [0.5, 0.6) is 0 Å². The van der Waals surface area contributed by atoms with Crippen molar-refractivity contribution in [3.8, 4) is 0 Å². The maximum Gasteiger partial charge on any atom is 0.0636 e. The van der Waals surface area contributed by atoms with Gasteiger partial charge in [0.15, 0.2) is 0 Å². The smallest absolute Gasteiger partial charge is 0.0636 e. The summed E-state index contributed by atoms with van der Waals surface area (Å²) in [5.41, 5.74) is 5.83. The third-order valence-corrected chi connectivity index (χ3v) is 2.42. The highest BCUT2D eigenvalue weighted by Gasteiger charge is 2.18. The van der Waals surface area contributed by atoms with Crippen molar-refractivity contribution in [2.45, 2.75) is 50.8 Å². The molecule has 1 saturated carbocycles. The average molecular weight is 172 g/mol. The number of hydrogen-bond donors (Lipinski definition) is 3. The predicted octanol–water partition coefficient (Wildman–Crippen LogP) is 0.227.